The van der Waals surface area contributed by atoms with Gasteiger partial charge in [0, 0.05) is 37.7 Å². The van der Waals surface area contributed by atoms with E-state index in [1.165, 1.54) is 32.2 Å². The minimum atomic E-state index is -4.31. The molecule has 0 saturated carbocycles. The van der Waals surface area contributed by atoms with Crippen LogP contribution in [-0.2, 0) is 26.0 Å². The van der Waals surface area contributed by atoms with Gasteiger partial charge in [-0.15, -0.1) is 0 Å². The van der Waals surface area contributed by atoms with Crippen LogP contribution in [0.2, 0.25) is 0 Å². The third kappa shape index (κ3) is 7.91. The summed E-state index contributed by atoms with van der Waals surface area (Å²) in [5.41, 5.74) is 2.58. The summed E-state index contributed by atoms with van der Waals surface area (Å²) in [6.07, 6.45) is 8.89. The summed E-state index contributed by atoms with van der Waals surface area (Å²) < 4.78 is 39.8. The van der Waals surface area contributed by atoms with Crippen LogP contribution >= 0.6 is 0 Å². The molecule has 10 heteroatoms. The first-order chi connectivity index (χ1) is 19.4. The van der Waals surface area contributed by atoms with Crippen molar-refractivity contribution < 1.29 is 32.3 Å². The van der Waals surface area contributed by atoms with Crippen LogP contribution in [0.1, 0.15) is 94.1 Å². The summed E-state index contributed by atoms with van der Waals surface area (Å²) in [6.45, 7) is 12.5. The molecule has 1 heterocycles. The SMILES string of the molecule is C=C(C)[C@@H]1CCC(C)=C[C@H]1c1c(OC(C)=O)cc(CCCCC)c(C(=O)NS(=O)(=O)c2cccnc2)c1OC(C)=O. The van der Waals surface area contributed by atoms with Crippen molar-refractivity contribution in [2.75, 3.05) is 0 Å². The van der Waals surface area contributed by atoms with Crippen LogP contribution in [0, 0.1) is 5.92 Å². The lowest BCUT2D eigenvalue weighted by Crippen LogP contribution is -2.32. The molecule has 0 spiro atoms. The van der Waals surface area contributed by atoms with Crippen molar-refractivity contribution in [1.82, 2.24) is 9.71 Å². The van der Waals surface area contributed by atoms with E-state index in [-0.39, 0.29) is 27.9 Å². The predicted molar refractivity (Wildman–Crippen MR) is 155 cm³/mol. The van der Waals surface area contributed by atoms with Crippen LogP contribution in [0.15, 0.2) is 59.3 Å². The molecule has 2 atom stereocenters. The second kappa shape index (κ2) is 13.7. The van der Waals surface area contributed by atoms with Gasteiger partial charge in [-0.2, -0.15) is 0 Å². The average molecular weight is 583 g/mol. The van der Waals surface area contributed by atoms with Crippen LogP contribution in [0.3, 0.4) is 0 Å². The Morgan fingerprint density at radius 3 is 2.41 bits per heavy atom. The van der Waals surface area contributed by atoms with Crippen molar-refractivity contribution >= 4 is 27.9 Å². The van der Waals surface area contributed by atoms with Gasteiger partial charge in [-0.05, 0) is 69.2 Å². The number of benzene rings is 1. The van der Waals surface area contributed by atoms with Crippen LogP contribution in [0.4, 0.5) is 0 Å². The molecule has 0 unspecified atom stereocenters. The molecule has 1 aromatic heterocycles. The Morgan fingerprint density at radius 2 is 1.83 bits per heavy atom. The van der Waals surface area contributed by atoms with E-state index >= 15 is 0 Å². The number of pyridine rings is 1. The van der Waals surface area contributed by atoms with Gasteiger partial charge in [0.2, 0.25) is 0 Å². The first-order valence-electron chi connectivity index (χ1n) is 13.7. The number of amides is 1. The normalized spacial score (nSPS) is 16.9. The van der Waals surface area contributed by atoms with Crippen LogP contribution < -0.4 is 14.2 Å². The summed E-state index contributed by atoms with van der Waals surface area (Å²) in [5.74, 6) is -2.77. The van der Waals surface area contributed by atoms with Gasteiger partial charge in [0.25, 0.3) is 15.9 Å². The second-order valence-corrected chi connectivity index (χ2v) is 12.1. The molecule has 0 bridgehead atoms. The zero-order chi connectivity index (χ0) is 30.3. The topological polar surface area (TPSA) is 129 Å². The largest absolute Gasteiger partial charge is 0.426 e. The van der Waals surface area contributed by atoms with Crippen LogP contribution in [0.5, 0.6) is 11.5 Å². The van der Waals surface area contributed by atoms with E-state index in [1.54, 1.807) is 6.07 Å². The van der Waals surface area contributed by atoms with Crippen molar-refractivity contribution in [3.8, 4) is 11.5 Å². The standard InChI is InChI=1S/C31H38N2O7S/c1-7-8-9-11-23-17-27(39-21(5)34)29(26-16-20(4)13-14-25(26)19(2)3)30(40-22(6)35)28(23)31(36)33-41(37,38)24-12-10-15-32-18-24/h10,12,15-18,25-26H,2,7-9,11,13-14H2,1,3-6H3,(H,33,36)/t25-,26+/m0/s1. The summed E-state index contributed by atoms with van der Waals surface area (Å²) in [5, 5.41) is 0. The van der Waals surface area contributed by atoms with Gasteiger partial charge < -0.3 is 9.47 Å². The monoisotopic (exact) mass is 582 g/mol. The van der Waals surface area contributed by atoms with Gasteiger partial charge in [0.15, 0.2) is 5.75 Å². The highest BCUT2D eigenvalue weighted by Gasteiger charge is 2.36. The lowest BCUT2D eigenvalue weighted by molar-refractivity contribution is -0.132. The number of aryl methyl sites for hydroxylation is 1. The number of nitrogens with one attached hydrogen (secondary N) is 1. The average Bonchev–Trinajstić information content (AvgIpc) is 2.88. The molecular formula is C31H38N2O7S. The number of hydrogen-bond donors (Lipinski definition) is 1. The molecular weight excluding hydrogens is 544 g/mol. The quantitative estimate of drug-likeness (QED) is 0.152. The number of carbonyl (C=O) groups excluding carboxylic acids is 3. The summed E-state index contributed by atoms with van der Waals surface area (Å²) in [4.78, 5) is 42.3. The molecule has 0 radical (unpaired) electrons. The molecule has 1 N–H and O–H groups in total. The van der Waals surface area contributed by atoms with Crippen molar-refractivity contribution in [1.29, 1.82) is 0 Å². The number of allylic oxidation sites excluding steroid dienone is 3. The number of esters is 2. The second-order valence-electron chi connectivity index (χ2n) is 10.4. The third-order valence-corrected chi connectivity index (χ3v) is 8.34. The third-order valence-electron chi connectivity index (χ3n) is 7.03. The predicted octanol–water partition coefficient (Wildman–Crippen LogP) is 5.80. The molecule has 1 aliphatic carbocycles. The molecule has 9 nitrogen and oxygen atoms in total. The summed E-state index contributed by atoms with van der Waals surface area (Å²) in [6, 6.07) is 4.36. The van der Waals surface area contributed by atoms with Gasteiger partial charge >= 0.3 is 11.9 Å². The Bertz CT molecular complexity index is 1460. The lowest BCUT2D eigenvalue weighted by Gasteiger charge is -2.33. The van der Waals surface area contributed by atoms with Gasteiger partial charge in [-0.1, -0.05) is 43.6 Å². The molecule has 0 fully saturated rings. The van der Waals surface area contributed by atoms with E-state index in [0.717, 1.165) is 43.0 Å². The maximum atomic E-state index is 13.9. The van der Waals surface area contributed by atoms with E-state index in [4.69, 9.17) is 9.47 Å². The van der Waals surface area contributed by atoms with Crippen molar-refractivity contribution in [3.05, 3.63) is 71.1 Å². The minimum absolute atomic E-state index is 0.0910. The molecule has 1 amide bonds. The number of aromatic nitrogens is 1. The number of sulfonamides is 1. The number of rotatable bonds is 11. The van der Waals surface area contributed by atoms with E-state index in [2.05, 4.69) is 16.3 Å². The van der Waals surface area contributed by atoms with Gasteiger partial charge in [-0.25, -0.2) is 13.1 Å². The Morgan fingerprint density at radius 1 is 1.12 bits per heavy atom. The first kappa shape index (κ1) is 31.7. The first-order valence-corrected chi connectivity index (χ1v) is 15.2. The van der Waals surface area contributed by atoms with E-state index in [0.29, 0.717) is 24.0 Å². The molecule has 0 aliphatic heterocycles. The smallest absolute Gasteiger partial charge is 0.308 e. The molecule has 1 aliphatic rings. The fourth-order valence-corrected chi connectivity index (χ4v) is 6.08. The number of carbonyl (C=O) groups is 3. The van der Waals surface area contributed by atoms with Crippen molar-refractivity contribution in [2.45, 2.75) is 84.0 Å². The maximum absolute atomic E-state index is 13.9. The zero-order valence-electron chi connectivity index (χ0n) is 24.3. The summed E-state index contributed by atoms with van der Waals surface area (Å²) in [7, 11) is -4.31. The fraction of sp³-hybridized carbons (Fsp3) is 0.419. The van der Waals surface area contributed by atoms with E-state index in [9.17, 15) is 22.8 Å². The van der Waals surface area contributed by atoms with Crippen molar-refractivity contribution in [3.63, 3.8) is 0 Å². The maximum Gasteiger partial charge on any atom is 0.308 e. The van der Waals surface area contributed by atoms with E-state index in [1.807, 2.05) is 26.8 Å². The van der Waals surface area contributed by atoms with Gasteiger partial charge in [0.05, 0.1) is 5.56 Å². The number of nitrogens with zero attached hydrogens (tertiary/aromatic N) is 1. The molecule has 3 rings (SSSR count). The Balaban J connectivity index is 2.36. The highest BCUT2D eigenvalue weighted by Crippen LogP contribution is 2.49. The summed E-state index contributed by atoms with van der Waals surface area (Å²) >= 11 is 0. The molecule has 0 saturated heterocycles. The molecule has 1 aromatic carbocycles. The molecule has 41 heavy (non-hydrogen) atoms. The van der Waals surface area contributed by atoms with Crippen LogP contribution in [-0.4, -0.2) is 31.2 Å². The fourth-order valence-electron chi connectivity index (χ4n) is 5.16. The Labute approximate surface area is 242 Å². The number of ether oxygens (including phenoxy) is 2. The zero-order valence-corrected chi connectivity index (χ0v) is 25.1. The van der Waals surface area contributed by atoms with Gasteiger partial charge in [-0.3, -0.25) is 19.4 Å². The van der Waals surface area contributed by atoms with Crippen molar-refractivity contribution in [2.24, 2.45) is 5.92 Å². The highest BCUT2D eigenvalue weighted by atomic mass is 32.2. The molecule has 2 aromatic rings. The lowest BCUT2D eigenvalue weighted by atomic mass is 9.73. The highest BCUT2D eigenvalue weighted by molar-refractivity contribution is 7.90. The molecule has 220 valence electrons. The Hall–Kier alpha value is -3.79. The van der Waals surface area contributed by atoms with Gasteiger partial charge in [0.1, 0.15) is 10.6 Å². The number of hydrogen-bond acceptors (Lipinski definition) is 8. The van der Waals surface area contributed by atoms with E-state index < -0.39 is 33.8 Å². The Kier molecular flexibility index (Phi) is 10.6. The number of unbranched alkanes of at least 4 members (excludes halogenated alkanes) is 2. The van der Waals surface area contributed by atoms with Crippen LogP contribution in [0.25, 0.3) is 0 Å². The minimum Gasteiger partial charge on any atom is -0.426 e.